The number of nitrogens with two attached hydrogens (primary N) is 1. The van der Waals surface area contributed by atoms with Crippen LogP contribution in [0.4, 0.5) is 5.69 Å². The second kappa shape index (κ2) is 4.77. The third-order valence-electron chi connectivity index (χ3n) is 1.88. The van der Waals surface area contributed by atoms with Gasteiger partial charge in [0.25, 0.3) is 0 Å². The van der Waals surface area contributed by atoms with Gasteiger partial charge in [0, 0.05) is 12.1 Å². The van der Waals surface area contributed by atoms with Crippen molar-refractivity contribution in [2.24, 2.45) is 0 Å². The van der Waals surface area contributed by atoms with E-state index in [4.69, 9.17) is 21.1 Å². The van der Waals surface area contributed by atoms with Crippen molar-refractivity contribution >= 4 is 11.7 Å². The highest BCUT2D eigenvalue weighted by atomic mass is 16.4. The molecule has 5 heteroatoms. The first-order chi connectivity index (χ1) is 7.00. The van der Waals surface area contributed by atoms with Crippen LogP contribution in [0.5, 0.6) is 0 Å². The number of aromatic carboxylic acids is 1. The number of benzene rings is 1. The number of hydrogen-bond donors (Lipinski definition) is 4. The van der Waals surface area contributed by atoms with Crippen LogP contribution in [0.2, 0.25) is 0 Å². The zero-order valence-electron chi connectivity index (χ0n) is 8.00. The van der Waals surface area contributed by atoms with Crippen molar-refractivity contribution in [1.82, 2.24) is 0 Å². The number of carbonyl (C=O) groups is 1. The van der Waals surface area contributed by atoms with E-state index in [0.717, 1.165) is 0 Å². The van der Waals surface area contributed by atoms with Gasteiger partial charge in [-0.25, -0.2) is 4.79 Å². The van der Waals surface area contributed by atoms with Gasteiger partial charge in [-0.3, -0.25) is 0 Å². The number of carboxylic acids is 1. The minimum absolute atomic E-state index is 0.259. The van der Waals surface area contributed by atoms with E-state index in [2.05, 4.69) is 0 Å². The zero-order valence-corrected chi connectivity index (χ0v) is 8.00. The van der Waals surface area contributed by atoms with Crippen LogP contribution in [0.1, 0.15) is 16.8 Å². The maximum absolute atomic E-state index is 10.3. The van der Waals surface area contributed by atoms with Crippen LogP contribution in [-0.2, 0) is 0 Å². The fourth-order valence-corrected chi connectivity index (χ4v) is 0.795. The molecule has 0 bridgehead atoms. The van der Waals surface area contributed by atoms with Gasteiger partial charge in [-0.05, 0) is 24.3 Å². The lowest BCUT2D eigenvalue weighted by Gasteiger charge is -1.93. The summed E-state index contributed by atoms with van der Waals surface area (Å²) in [5, 5.41) is 24.8. The van der Waals surface area contributed by atoms with Crippen LogP contribution in [0.3, 0.4) is 0 Å². The number of aliphatic hydroxyl groups is 2. The molecule has 0 aromatic heterocycles. The summed E-state index contributed by atoms with van der Waals surface area (Å²) in [7, 11) is 0. The Bertz CT molecular complexity index is 330. The van der Waals surface area contributed by atoms with Crippen LogP contribution < -0.4 is 5.73 Å². The van der Waals surface area contributed by atoms with Crippen molar-refractivity contribution in [3.8, 4) is 0 Å². The number of rotatable bonds is 1. The quantitative estimate of drug-likeness (QED) is 0.492. The molecule has 0 radical (unpaired) electrons. The number of aliphatic hydroxyl groups excluding tert-OH is 2. The van der Waals surface area contributed by atoms with E-state index in [0.29, 0.717) is 12.1 Å². The second-order valence-corrected chi connectivity index (χ2v) is 3.30. The molecule has 2 atom stereocenters. The van der Waals surface area contributed by atoms with Crippen molar-refractivity contribution in [2.75, 3.05) is 5.73 Å². The molecule has 0 amide bonds. The summed E-state index contributed by atoms with van der Waals surface area (Å²) in [6, 6.07) is 6.06. The van der Waals surface area contributed by atoms with Gasteiger partial charge in [-0.2, -0.15) is 0 Å². The van der Waals surface area contributed by atoms with Crippen molar-refractivity contribution in [1.29, 1.82) is 0 Å². The molecule has 1 aromatic carbocycles. The Kier molecular flexibility index (Phi) is 3.65. The van der Waals surface area contributed by atoms with E-state index in [-0.39, 0.29) is 5.56 Å². The molecule has 0 saturated heterocycles. The van der Waals surface area contributed by atoms with Gasteiger partial charge in [0.15, 0.2) is 0 Å². The van der Waals surface area contributed by atoms with E-state index in [1.165, 1.54) is 12.1 Å². The maximum atomic E-state index is 10.3. The van der Waals surface area contributed by atoms with Gasteiger partial charge in [0.2, 0.25) is 0 Å². The van der Waals surface area contributed by atoms with Crippen molar-refractivity contribution < 1.29 is 20.1 Å². The lowest BCUT2D eigenvalue weighted by molar-refractivity contribution is 0.0697. The fraction of sp³-hybridized carbons (Fsp3) is 0.300. The molecule has 5 nitrogen and oxygen atoms in total. The van der Waals surface area contributed by atoms with Gasteiger partial charge in [-0.1, -0.05) is 0 Å². The predicted molar refractivity (Wildman–Crippen MR) is 54.4 cm³/mol. The third-order valence-corrected chi connectivity index (χ3v) is 1.88. The lowest BCUT2D eigenvalue weighted by atomic mass is 10.2. The molecule has 1 aliphatic carbocycles. The summed E-state index contributed by atoms with van der Waals surface area (Å²) in [6.07, 6.45) is -0.204. The summed E-state index contributed by atoms with van der Waals surface area (Å²) in [5.74, 6) is -0.931. The van der Waals surface area contributed by atoms with Crippen molar-refractivity contribution in [2.45, 2.75) is 18.6 Å². The molecular formula is C10H13NO4. The molecule has 2 unspecified atom stereocenters. The van der Waals surface area contributed by atoms with Crippen LogP contribution in [-0.4, -0.2) is 33.5 Å². The van der Waals surface area contributed by atoms with E-state index in [9.17, 15) is 4.79 Å². The molecule has 5 N–H and O–H groups in total. The highest BCUT2D eigenvalue weighted by molar-refractivity contribution is 5.87. The normalized spacial score (nSPS) is 22.5. The number of hydrogen-bond acceptors (Lipinski definition) is 4. The molecule has 2 rings (SSSR count). The van der Waals surface area contributed by atoms with Crippen LogP contribution in [0.25, 0.3) is 0 Å². The predicted octanol–water partition coefficient (Wildman–Crippen LogP) is 0.0789. The third kappa shape index (κ3) is 3.97. The van der Waals surface area contributed by atoms with Gasteiger partial charge in [0.05, 0.1) is 17.8 Å². The molecule has 1 saturated carbocycles. The first-order valence-corrected chi connectivity index (χ1v) is 4.45. The molecule has 15 heavy (non-hydrogen) atoms. The highest BCUT2D eigenvalue weighted by Crippen LogP contribution is 2.18. The Morgan fingerprint density at radius 3 is 1.87 bits per heavy atom. The van der Waals surface area contributed by atoms with E-state index >= 15 is 0 Å². The summed E-state index contributed by atoms with van der Waals surface area (Å²) in [5.41, 5.74) is 6.17. The largest absolute Gasteiger partial charge is 0.478 e. The van der Waals surface area contributed by atoms with Crippen molar-refractivity contribution in [3.05, 3.63) is 29.8 Å². The monoisotopic (exact) mass is 211 g/mol. The molecule has 0 spiro atoms. The molecule has 0 heterocycles. The number of nitrogen functional groups attached to an aromatic ring is 1. The van der Waals surface area contributed by atoms with Crippen LogP contribution >= 0.6 is 0 Å². The topological polar surface area (TPSA) is 104 Å². The maximum Gasteiger partial charge on any atom is 0.335 e. The Labute approximate surface area is 86.8 Å². The molecular weight excluding hydrogens is 198 g/mol. The van der Waals surface area contributed by atoms with Gasteiger partial charge >= 0.3 is 5.97 Å². The summed E-state index contributed by atoms with van der Waals surface area (Å²) in [6.45, 7) is 0. The average molecular weight is 211 g/mol. The average Bonchev–Trinajstić information content (AvgIpc) is 2.81. The summed E-state index contributed by atoms with van der Waals surface area (Å²) >= 11 is 0. The number of anilines is 1. The number of carboxylic acid groups (broad SMARTS) is 1. The van der Waals surface area contributed by atoms with Crippen molar-refractivity contribution in [3.63, 3.8) is 0 Å². The first kappa shape index (κ1) is 11.5. The Morgan fingerprint density at radius 1 is 1.20 bits per heavy atom. The van der Waals surface area contributed by atoms with Gasteiger partial charge in [-0.15, -0.1) is 0 Å². The Morgan fingerprint density at radius 2 is 1.60 bits per heavy atom. The summed E-state index contributed by atoms with van der Waals surface area (Å²) < 4.78 is 0. The lowest BCUT2D eigenvalue weighted by Crippen LogP contribution is -1.95. The van der Waals surface area contributed by atoms with E-state index in [1.807, 2.05) is 0 Å². The van der Waals surface area contributed by atoms with Crippen LogP contribution in [0, 0.1) is 0 Å². The first-order valence-electron chi connectivity index (χ1n) is 4.45. The Balaban J connectivity index is 0.000000187. The fourth-order valence-electron chi connectivity index (χ4n) is 0.795. The molecule has 1 aromatic rings. The Hall–Kier alpha value is -1.59. The van der Waals surface area contributed by atoms with Gasteiger partial charge in [0.1, 0.15) is 0 Å². The SMILES string of the molecule is Nc1ccc(C(=O)O)cc1.OC1CC1O. The summed E-state index contributed by atoms with van der Waals surface area (Å²) in [4.78, 5) is 10.3. The molecule has 82 valence electrons. The molecule has 1 fully saturated rings. The second-order valence-electron chi connectivity index (χ2n) is 3.30. The van der Waals surface area contributed by atoms with E-state index < -0.39 is 18.2 Å². The smallest absolute Gasteiger partial charge is 0.335 e. The standard InChI is InChI=1S/C7H7NO2.C3H6O2/c8-6-3-1-5(2-4-6)7(9)10;4-2-1-3(2)5/h1-4H,8H2,(H,9,10);2-5H,1H2. The van der Waals surface area contributed by atoms with E-state index in [1.54, 1.807) is 12.1 Å². The van der Waals surface area contributed by atoms with Crippen LogP contribution in [0.15, 0.2) is 24.3 Å². The molecule has 1 aliphatic rings. The zero-order chi connectivity index (χ0) is 11.4. The van der Waals surface area contributed by atoms with Gasteiger partial charge < -0.3 is 21.1 Å². The minimum Gasteiger partial charge on any atom is -0.478 e. The highest BCUT2D eigenvalue weighted by Gasteiger charge is 2.32. The minimum atomic E-state index is -0.931. The molecule has 0 aliphatic heterocycles.